The van der Waals surface area contributed by atoms with Gasteiger partial charge in [-0.3, -0.25) is 9.11 Å². The molecule has 9 heteroatoms. The zero-order chi connectivity index (χ0) is 8.08. The predicted octanol–water partition coefficient (Wildman–Crippen LogP) is 0.417. The summed E-state index contributed by atoms with van der Waals surface area (Å²) in [6, 6.07) is 0. The maximum Gasteiger partial charge on any atom is 0.394 e. The number of hydrogen-bond acceptors (Lipinski definition) is 2. The Bertz CT molecular complexity index is 132. The van der Waals surface area contributed by atoms with E-state index in [0.717, 1.165) is 0 Å². The van der Waals surface area contributed by atoms with Crippen molar-refractivity contribution in [2.24, 2.45) is 0 Å². The quantitative estimate of drug-likeness (QED) is 0.367. The molecule has 0 atom stereocenters. The summed E-state index contributed by atoms with van der Waals surface area (Å²) >= 11 is 14.4. The van der Waals surface area contributed by atoms with E-state index in [-0.39, 0.29) is 23.1 Å². The zero-order valence-electron chi connectivity index (χ0n) is 3.83. The van der Waals surface area contributed by atoms with Gasteiger partial charge in [0.05, 0.1) is 0 Å². The lowest BCUT2D eigenvalue weighted by Crippen LogP contribution is -1.89. The highest BCUT2D eigenvalue weighted by atomic mass is 35.6. The molecule has 4 nitrogen and oxygen atoms in total. The van der Waals surface area contributed by atoms with Gasteiger partial charge in [-0.1, -0.05) is 34.8 Å². The Kier molecular flexibility index (Phi) is 15.1. The van der Waals surface area contributed by atoms with Crippen LogP contribution in [0.2, 0.25) is 0 Å². The van der Waals surface area contributed by atoms with Crippen LogP contribution in [0.25, 0.3) is 0 Å². The van der Waals surface area contributed by atoms with Crippen molar-refractivity contribution in [1.29, 1.82) is 0 Å². The van der Waals surface area contributed by atoms with Crippen LogP contribution < -0.4 is 0 Å². The second-order valence-electron chi connectivity index (χ2n) is 0.695. The summed E-state index contributed by atoms with van der Waals surface area (Å²) < 4.78 is 30.8. The highest BCUT2D eigenvalue weighted by Crippen LogP contribution is 2.03. The van der Waals surface area contributed by atoms with Crippen LogP contribution >= 0.6 is 34.8 Å². The molecule has 62 valence electrons. The van der Waals surface area contributed by atoms with Crippen LogP contribution in [0.1, 0.15) is 0 Å². The summed E-state index contributed by atoms with van der Waals surface area (Å²) in [5.74, 6) is 0. The molecular weight excluding hydrogens is 239 g/mol. The standard InChI is InChI=1S/CHCl3.Mg.H2O4S.2H/c2-1(3)4;;1-5(2,3)4;;/h1H;;(H2,1,2,3,4);;. The predicted molar refractivity (Wildman–Crippen MR) is 44.1 cm³/mol. The first-order valence-corrected chi connectivity index (χ1v) is 4.06. The van der Waals surface area contributed by atoms with E-state index in [1.54, 1.807) is 0 Å². The third kappa shape index (κ3) is 303. The fourth-order valence-corrected chi connectivity index (χ4v) is 0. The summed E-state index contributed by atoms with van der Waals surface area (Å²) in [7, 11) is -4.67. The highest BCUT2D eigenvalue weighted by Gasteiger charge is 1.84. The van der Waals surface area contributed by atoms with Gasteiger partial charge in [-0.05, 0) is 0 Å². The number of alkyl halides is 3. The number of hydrogen-bond donors (Lipinski definition) is 2. The van der Waals surface area contributed by atoms with E-state index >= 15 is 0 Å². The third-order valence-electron chi connectivity index (χ3n) is 0. The molecule has 0 aliphatic heterocycles. The largest absolute Gasteiger partial charge is 0.394 e. The first-order chi connectivity index (χ1) is 3.73. The molecule has 0 aromatic heterocycles. The van der Waals surface area contributed by atoms with Gasteiger partial charge in [-0.2, -0.15) is 8.42 Å². The Morgan fingerprint density at radius 2 is 1.10 bits per heavy atom. The van der Waals surface area contributed by atoms with Crippen LogP contribution in [0.15, 0.2) is 0 Å². The van der Waals surface area contributed by atoms with Gasteiger partial charge in [-0.15, -0.1) is 0 Å². The fourth-order valence-electron chi connectivity index (χ4n) is 0. The van der Waals surface area contributed by atoms with Crippen molar-refractivity contribution in [2.45, 2.75) is 4.30 Å². The molecule has 0 fully saturated rings. The van der Waals surface area contributed by atoms with E-state index < -0.39 is 14.7 Å². The molecule has 0 bridgehead atoms. The fraction of sp³-hybridized carbons (Fsp3) is 1.00. The molecule has 10 heavy (non-hydrogen) atoms. The molecule has 0 aliphatic rings. The van der Waals surface area contributed by atoms with Crippen molar-refractivity contribution >= 4 is 68.3 Å². The van der Waals surface area contributed by atoms with Crippen molar-refractivity contribution in [3.63, 3.8) is 0 Å². The van der Waals surface area contributed by atoms with Gasteiger partial charge in [0, 0.05) is 0 Å². The topological polar surface area (TPSA) is 74.6 Å². The van der Waals surface area contributed by atoms with Crippen LogP contribution in [0, 0.1) is 0 Å². The third-order valence-corrected chi connectivity index (χ3v) is 0. The Morgan fingerprint density at radius 3 is 1.10 bits per heavy atom. The van der Waals surface area contributed by atoms with Gasteiger partial charge in [-0.25, -0.2) is 0 Å². The van der Waals surface area contributed by atoms with Crippen LogP contribution in [0.3, 0.4) is 0 Å². The number of rotatable bonds is 0. The molecule has 2 N–H and O–H groups in total. The lowest BCUT2D eigenvalue weighted by Gasteiger charge is -1.69. The SMILES string of the molecule is ClC(Cl)Cl.O=S(=O)(O)O.[MgH2]. The van der Waals surface area contributed by atoms with E-state index in [2.05, 4.69) is 0 Å². The molecule has 0 heterocycles. The van der Waals surface area contributed by atoms with Crippen molar-refractivity contribution < 1.29 is 17.5 Å². The summed E-state index contributed by atoms with van der Waals surface area (Å²) in [5, 5.41) is 0. The molecule has 0 amide bonds. The molecule has 0 rings (SSSR count). The van der Waals surface area contributed by atoms with E-state index in [1.807, 2.05) is 0 Å². The van der Waals surface area contributed by atoms with Crippen molar-refractivity contribution in [2.75, 3.05) is 0 Å². The molecule has 0 aromatic carbocycles. The summed E-state index contributed by atoms with van der Waals surface area (Å²) in [6.45, 7) is 0. The van der Waals surface area contributed by atoms with E-state index in [4.69, 9.17) is 52.3 Å². The Morgan fingerprint density at radius 1 is 1.10 bits per heavy atom. The molecule has 0 aliphatic carbocycles. The lowest BCUT2D eigenvalue weighted by molar-refractivity contribution is 0.381. The summed E-state index contributed by atoms with van der Waals surface area (Å²) in [4.78, 5) is 0. The smallest absolute Gasteiger partial charge is 0.264 e. The van der Waals surface area contributed by atoms with E-state index in [1.165, 1.54) is 0 Å². The Hall–Kier alpha value is 1.51. The average Bonchev–Trinajstić information content (AvgIpc) is 1.19. The zero-order valence-corrected chi connectivity index (χ0v) is 6.91. The molecule has 0 radical (unpaired) electrons. The number of halogens is 3. The van der Waals surface area contributed by atoms with Gasteiger partial charge in [0.2, 0.25) is 0 Å². The Labute approximate surface area is 89.6 Å². The van der Waals surface area contributed by atoms with Crippen molar-refractivity contribution in [1.82, 2.24) is 0 Å². The monoisotopic (exact) mass is 242 g/mol. The molecule has 0 saturated carbocycles. The van der Waals surface area contributed by atoms with Crippen molar-refractivity contribution in [3.05, 3.63) is 0 Å². The normalized spacial score (nSPS) is 9.40. The molecule has 0 aromatic rings. The van der Waals surface area contributed by atoms with Crippen LogP contribution in [-0.4, -0.2) is 44.9 Å². The van der Waals surface area contributed by atoms with Gasteiger partial charge in [0.25, 0.3) is 0 Å². The first-order valence-electron chi connectivity index (χ1n) is 1.35. The average molecular weight is 244 g/mol. The lowest BCUT2D eigenvalue weighted by atomic mass is 11.9. The van der Waals surface area contributed by atoms with E-state index in [9.17, 15) is 0 Å². The molecule has 0 spiro atoms. The summed E-state index contributed by atoms with van der Waals surface area (Å²) in [6.07, 6.45) is 0. The van der Waals surface area contributed by atoms with Gasteiger partial charge in [0.1, 0.15) is 0 Å². The second kappa shape index (κ2) is 8.60. The molecule has 0 saturated heterocycles. The van der Waals surface area contributed by atoms with Crippen LogP contribution in [0.5, 0.6) is 0 Å². The second-order valence-corrected chi connectivity index (χ2v) is 3.57. The minimum absolute atomic E-state index is 0. The minimum atomic E-state index is -4.67. The van der Waals surface area contributed by atoms with E-state index in [0.29, 0.717) is 0 Å². The maximum atomic E-state index is 8.74. The highest BCUT2D eigenvalue weighted by molar-refractivity contribution is 7.79. The summed E-state index contributed by atoms with van der Waals surface area (Å²) in [5.41, 5.74) is 0. The van der Waals surface area contributed by atoms with Gasteiger partial charge < -0.3 is 0 Å². The molecular formula is CH5Cl3MgO4S. The minimum Gasteiger partial charge on any atom is -0.264 e. The first kappa shape index (κ1) is 17.6. The Balaban J connectivity index is -0.0000000910. The van der Waals surface area contributed by atoms with Crippen molar-refractivity contribution in [3.8, 4) is 0 Å². The van der Waals surface area contributed by atoms with Crippen LogP contribution in [-0.2, 0) is 10.4 Å². The van der Waals surface area contributed by atoms with Crippen LogP contribution in [0.4, 0.5) is 0 Å². The molecule has 0 unspecified atom stereocenters. The van der Waals surface area contributed by atoms with Gasteiger partial charge in [0.15, 0.2) is 4.30 Å². The van der Waals surface area contributed by atoms with Gasteiger partial charge >= 0.3 is 33.5 Å². The maximum absolute atomic E-state index is 8.74.